The predicted octanol–water partition coefficient (Wildman–Crippen LogP) is 2.29. The van der Waals surface area contributed by atoms with Crippen LogP contribution in [-0.4, -0.2) is 23.2 Å². The Balaban J connectivity index is 2.18. The summed E-state index contributed by atoms with van der Waals surface area (Å²) in [4.78, 5) is 6.59. The third-order valence-corrected chi connectivity index (χ3v) is 3.01. The number of pyridine rings is 1. The minimum absolute atomic E-state index is 0.427. The van der Waals surface area contributed by atoms with Crippen molar-refractivity contribution in [3.05, 3.63) is 35.5 Å². The highest BCUT2D eigenvalue weighted by Crippen LogP contribution is 2.20. The molecule has 16 heavy (non-hydrogen) atoms. The zero-order valence-corrected chi connectivity index (χ0v) is 9.85. The SMILES string of the molecule is CC1=CCN(c2cc([C@@H](C)O)ccn2)CC1. The maximum absolute atomic E-state index is 9.53. The first-order valence-corrected chi connectivity index (χ1v) is 5.71. The third-order valence-electron chi connectivity index (χ3n) is 3.01. The van der Waals surface area contributed by atoms with Gasteiger partial charge < -0.3 is 10.0 Å². The molecule has 1 aromatic heterocycles. The van der Waals surface area contributed by atoms with Crippen LogP contribution in [0, 0.1) is 0 Å². The first-order valence-electron chi connectivity index (χ1n) is 5.71. The van der Waals surface area contributed by atoms with Crippen LogP contribution >= 0.6 is 0 Å². The summed E-state index contributed by atoms with van der Waals surface area (Å²) in [6, 6.07) is 3.83. The number of hydrogen-bond donors (Lipinski definition) is 1. The number of rotatable bonds is 2. The van der Waals surface area contributed by atoms with Crippen LogP contribution in [0.1, 0.15) is 31.9 Å². The van der Waals surface area contributed by atoms with E-state index < -0.39 is 6.10 Å². The quantitative estimate of drug-likeness (QED) is 0.774. The topological polar surface area (TPSA) is 36.4 Å². The van der Waals surface area contributed by atoms with Gasteiger partial charge in [0.05, 0.1) is 6.10 Å². The molecule has 2 heterocycles. The monoisotopic (exact) mass is 218 g/mol. The Morgan fingerprint density at radius 2 is 2.31 bits per heavy atom. The molecular formula is C13H18N2O. The lowest BCUT2D eigenvalue weighted by Gasteiger charge is -2.26. The lowest BCUT2D eigenvalue weighted by molar-refractivity contribution is 0.199. The Bertz CT molecular complexity index is 399. The van der Waals surface area contributed by atoms with Gasteiger partial charge in [0.1, 0.15) is 5.82 Å². The molecule has 0 aliphatic carbocycles. The number of aliphatic hydroxyl groups excluding tert-OH is 1. The van der Waals surface area contributed by atoms with E-state index in [0.29, 0.717) is 0 Å². The van der Waals surface area contributed by atoms with Gasteiger partial charge in [0.15, 0.2) is 0 Å². The van der Waals surface area contributed by atoms with E-state index in [-0.39, 0.29) is 0 Å². The van der Waals surface area contributed by atoms with Gasteiger partial charge in [-0.25, -0.2) is 4.98 Å². The lowest BCUT2D eigenvalue weighted by Crippen LogP contribution is -2.28. The summed E-state index contributed by atoms with van der Waals surface area (Å²) in [6.45, 7) is 5.87. The maximum atomic E-state index is 9.53. The summed E-state index contributed by atoms with van der Waals surface area (Å²) in [5.41, 5.74) is 2.37. The Labute approximate surface area is 96.4 Å². The van der Waals surface area contributed by atoms with Gasteiger partial charge in [0.25, 0.3) is 0 Å². The molecule has 1 aliphatic rings. The highest BCUT2D eigenvalue weighted by molar-refractivity contribution is 5.43. The highest BCUT2D eigenvalue weighted by atomic mass is 16.3. The molecule has 0 aromatic carbocycles. The van der Waals surface area contributed by atoms with Gasteiger partial charge in [-0.05, 0) is 38.0 Å². The first kappa shape index (κ1) is 11.1. The number of hydrogen-bond acceptors (Lipinski definition) is 3. The zero-order valence-electron chi connectivity index (χ0n) is 9.85. The predicted molar refractivity (Wildman–Crippen MR) is 65.5 cm³/mol. The number of aliphatic hydroxyl groups is 1. The van der Waals surface area contributed by atoms with Crippen molar-refractivity contribution in [2.24, 2.45) is 0 Å². The standard InChI is InChI=1S/C13H18N2O/c1-10-4-7-15(8-5-10)13-9-12(11(2)16)3-6-14-13/h3-4,6,9,11,16H,5,7-8H2,1-2H3/t11-/m1/s1. The van der Waals surface area contributed by atoms with Crippen LogP contribution in [0.2, 0.25) is 0 Å². The summed E-state index contributed by atoms with van der Waals surface area (Å²) in [5, 5.41) is 9.53. The summed E-state index contributed by atoms with van der Waals surface area (Å²) in [6.07, 6.45) is 4.67. The molecular weight excluding hydrogens is 200 g/mol. The number of aromatic nitrogens is 1. The summed E-state index contributed by atoms with van der Waals surface area (Å²) in [5.74, 6) is 0.960. The van der Waals surface area contributed by atoms with E-state index in [4.69, 9.17) is 0 Å². The summed E-state index contributed by atoms with van der Waals surface area (Å²) < 4.78 is 0. The Morgan fingerprint density at radius 3 is 2.94 bits per heavy atom. The van der Waals surface area contributed by atoms with Crippen molar-refractivity contribution >= 4 is 5.82 Å². The average molecular weight is 218 g/mol. The molecule has 3 heteroatoms. The second-order valence-corrected chi connectivity index (χ2v) is 4.37. The van der Waals surface area contributed by atoms with Crippen LogP contribution in [0.15, 0.2) is 30.0 Å². The Kier molecular flexibility index (Phi) is 3.25. The largest absolute Gasteiger partial charge is 0.389 e. The molecule has 86 valence electrons. The van der Waals surface area contributed by atoms with E-state index in [1.54, 1.807) is 13.1 Å². The van der Waals surface area contributed by atoms with Crippen LogP contribution < -0.4 is 4.90 Å². The molecule has 1 N–H and O–H groups in total. The van der Waals surface area contributed by atoms with E-state index >= 15 is 0 Å². The summed E-state index contributed by atoms with van der Waals surface area (Å²) in [7, 11) is 0. The van der Waals surface area contributed by atoms with Crippen LogP contribution in [-0.2, 0) is 0 Å². The smallest absolute Gasteiger partial charge is 0.129 e. The minimum atomic E-state index is -0.427. The van der Waals surface area contributed by atoms with Crippen molar-refractivity contribution in [2.45, 2.75) is 26.4 Å². The van der Waals surface area contributed by atoms with Crippen LogP contribution in [0.3, 0.4) is 0 Å². The molecule has 1 aromatic rings. The van der Waals surface area contributed by atoms with Gasteiger partial charge in [-0.15, -0.1) is 0 Å². The molecule has 0 saturated heterocycles. The van der Waals surface area contributed by atoms with Crippen LogP contribution in [0.4, 0.5) is 5.82 Å². The summed E-state index contributed by atoms with van der Waals surface area (Å²) >= 11 is 0. The molecule has 0 amide bonds. The fourth-order valence-electron chi connectivity index (χ4n) is 1.85. The minimum Gasteiger partial charge on any atom is -0.389 e. The molecule has 0 unspecified atom stereocenters. The van der Waals surface area contributed by atoms with Gasteiger partial charge in [0.2, 0.25) is 0 Å². The molecule has 3 nitrogen and oxygen atoms in total. The van der Waals surface area contributed by atoms with Gasteiger partial charge in [0, 0.05) is 19.3 Å². The van der Waals surface area contributed by atoms with Crippen molar-refractivity contribution in [1.29, 1.82) is 0 Å². The highest BCUT2D eigenvalue weighted by Gasteiger charge is 2.12. The van der Waals surface area contributed by atoms with E-state index in [9.17, 15) is 5.11 Å². The molecule has 0 radical (unpaired) electrons. The van der Waals surface area contributed by atoms with Gasteiger partial charge in [-0.1, -0.05) is 11.6 Å². The van der Waals surface area contributed by atoms with Crippen molar-refractivity contribution in [3.63, 3.8) is 0 Å². The van der Waals surface area contributed by atoms with E-state index in [1.807, 2.05) is 12.1 Å². The third kappa shape index (κ3) is 2.42. The zero-order chi connectivity index (χ0) is 11.5. The van der Waals surface area contributed by atoms with E-state index in [1.165, 1.54) is 5.57 Å². The molecule has 0 fully saturated rings. The first-order chi connectivity index (χ1) is 7.66. The second kappa shape index (κ2) is 4.66. The Hall–Kier alpha value is -1.35. The maximum Gasteiger partial charge on any atom is 0.129 e. The van der Waals surface area contributed by atoms with E-state index in [2.05, 4.69) is 22.9 Å². The van der Waals surface area contributed by atoms with Crippen molar-refractivity contribution < 1.29 is 5.11 Å². The Morgan fingerprint density at radius 1 is 1.50 bits per heavy atom. The van der Waals surface area contributed by atoms with Crippen molar-refractivity contribution in [3.8, 4) is 0 Å². The number of nitrogens with zero attached hydrogens (tertiary/aromatic N) is 2. The molecule has 2 rings (SSSR count). The fraction of sp³-hybridized carbons (Fsp3) is 0.462. The average Bonchev–Trinajstić information content (AvgIpc) is 2.30. The normalized spacial score (nSPS) is 18.2. The van der Waals surface area contributed by atoms with Crippen LogP contribution in [0.25, 0.3) is 0 Å². The fourth-order valence-corrected chi connectivity index (χ4v) is 1.85. The van der Waals surface area contributed by atoms with Gasteiger partial charge >= 0.3 is 0 Å². The molecule has 1 aliphatic heterocycles. The second-order valence-electron chi connectivity index (χ2n) is 4.37. The van der Waals surface area contributed by atoms with E-state index in [0.717, 1.165) is 30.9 Å². The van der Waals surface area contributed by atoms with Gasteiger partial charge in [-0.2, -0.15) is 0 Å². The lowest BCUT2D eigenvalue weighted by atomic mass is 10.1. The van der Waals surface area contributed by atoms with Crippen LogP contribution in [0.5, 0.6) is 0 Å². The van der Waals surface area contributed by atoms with Crippen molar-refractivity contribution in [2.75, 3.05) is 18.0 Å². The molecule has 1 atom stereocenters. The molecule has 0 saturated carbocycles. The number of anilines is 1. The van der Waals surface area contributed by atoms with Crippen molar-refractivity contribution in [1.82, 2.24) is 4.98 Å². The molecule has 0 bridgehead atoms. The molecule has 0 spiro atoms. The van der Waals surface area contributed by atoms with Gasteiger partial charge in [-0.3, -0.25) is 0 Å².